The van der Waals surface area contributed by atoms with E-state index in [4.69, 9.17) is 10.5 Å². The van der Waals surface area contributed by atoms with Crippen LogP contribution in [0.15, 0.2) is 18.2 Å². The van der Waals surface area contributed by atoms with Crippen molar-refractivity contribution in [2.45, 2.75) is 25.8 Å². The molecular formula is C16H25N3O2. The van der Waals surface area contributed by atoms with Crippen molar-refractivity contribution in [3.05, 3.63) is 23.8 Å². The number of likely N-dealkylation sites (N-methyl/N-ethyl adjacent to an activating group) is 2. The van der Waals surface area contributed by atoms with E-state index in [2.05, 4.69) is 11.8 Å². The van der Waals surface area contributed by atoms with Crippen LogP contribution in [-0.2, 0) is 0 Å². The number of methoxy groups -OCH3 is 1. The minimum absolute atomic E-state index is 0.0469. The third-order valence-corrected chi connectivity index (χ3v) is 4.25. The summed E-state index contributed by atoms with van der Waals surface area (Å²) in [4.78, 5) is 16.8. The Morgan fingerprint density at radius 1 is 1.52 bits per heavy atom. The molecule has 5 heteroatoms. The Bertz CT molecular complexity index is 504. The number of hydrogen-bond donors (Lipinski definition) is 1. The van der Waals surface area contributed by atoms with E-state index in [0.717, 1.165) is 26.1 Å². The minimum Gasteiger partial charge on any atom is -0.495 e. The van der Waals surface area contributed by atoms with Crippen LogP contribution >= 0.6 is 0 Å². The number of nitrogen functional groups attached to an aromatic ring is 1. The third kappa shape index (κ3) is 3.29. The first-order chi connectivity index (χ1) is 10.1. The summed E-state index contributed by atoms with van der Waals surface area (Å²) in [5, 5.41) is 0. The van der Waals surface area contributed by atoms with E-state index in [0.29, 0.717) is 23.0 Å². The van der Waals surface area contributed by atoms with Gasteiger partial charge in [-0.1, -0.05) is 13.0 Å². The number of nitrogens with two attached hydrogens (primary N) is 1. The molecule has 0 aliphatic carbocycles. The quantitative estimate of drug-likeness (QED) is 0.841. The molecule has 21 heavy (non-hydrogen) atoms. The monoisotopic (exact) mass is 291 g/mol. The highest BCUT2D eigenvalue weighted by Gasteiger charge is 2.26. The maximum Gasteiger partial charge on any atom is 0.255 e. The van der Waals surface area contributed by atoms with Gasteiger partial charge in [-0.05, 0) is 38.1 Å². The highest BCUT2D eigenvalue weighted by atomic mass is 16.5. The van der Waals surface area contributed by atoms with Crippen molar-refractivity contribution in [1.82, 2.24) is 9.80 Å². The number of hydrogen-bond acceptors (Lipinski definition) is 4. The first-order valence-electron chi connectivity index (χ1n) is 7.50. The average Bonchev–Trinajstić information content (AvgIpc) is 2.94. The van der Waals surface area contributed by atoms with Gasteiger partial charge in [0.2, 0.25) is 0 Å². The van der Waals surface area contributed by atoms with Gasteiger partial charge in [0, 0.05) is 19.6 Å². The molecule has 1 aromatic carbocycles. The van der Waals surface area contributed by atoms with Crippen molar-refractivity contribution < 1.29 is 9.53 Å². The number of nitrogens with zero attached hydrogens (tertiary/aromatic N) is 2. The second kappa shape index (κ2) is 6.80. The zero-order valence-corrected chi connectivity index (χ0v) is 13.1. The number of rotatable bonds is 5. The predicted molar refractivity (Wildman–Crippen MR) is 84.6 cm³/mol. The normalized spacial score (nSPS) is 18.7. The van der Waals surface area contributed by atoms with Crippen molar-refractivity contribution in [3.63, 3.8) is 0 Å². The Labute approximate surface area is 126 Å². The summed E-state index contributed by atoms with van der Waals surface area (Å²) in [5.74, 6) is 0.500. The number of amides is 1. The first kappa shape index (κ1) is 15.6. The summed E-state index contributed by atoms with van der Waals surface area (Å²) in [6.45, 7) is 5.07. The lowest BCUT2D eigenvalue weighted by Gasteiger charge is -2.28. The van der Waals surface area contributed by atoms with Gasteiger partial charge in [-0.2, -0.15) is 0 Å². The molecule has 1 aliphatic rings. The Kier molecular flexibility index (Phi) is 5.07. The summed E-state index contributed by atoms with van der Waals surface area (Å²) in [7, 11) is 3.40. The van der Waals surface area contributed by atoms with Gasteiger partial charge in [-0.25, -0.2) is 0 Å². The van der Waals surface area contributed by atoms with Gasteiger partial charge in [-0.15, -0.1) is 0 Å². The van der Waals surface area contributed by atoms with Crippen molar-refractivity contribution >= 4 is 11.6 Å². The Hall–Kier alpha value is -1.75. The van der Waals surface area contributed by atoms with Crippen LogP contribution in [0.5, 0.6) is 5.75 Å². The number of likely N-dealkylation sites (tertiary alicyclic amines) is 1. The Morgan fingerprint density at radius 2 is 2.29 bits per heavy atom. The Balaban J connectivity index is 2.09. The molecule has 0 saturated carbocycles. The fourth-order valence-electron chi connectivity index (χ4n) is 3.03. The summed E-state index contributed by atoms with van der Waals surface area (Å²) in [5.41, 5.74) is 6.94. The van der Waals surface area contributed by atoms with E-state index in [-0.39, 0.29) is 5.91 Å². The molecule has 0 spiro atoms. The SMILES string of the molecule is CCN1CCCC1CN(C)C(=O)c1cccc(OC)c1N. The van der Waals surface area contributed by atoms with Crippen LogP contribution < -0.4 is 10.5 Å². The largest absolute Gasteiger partial charge is 0.495 e. The van der Waals surface area contributed by atoms with E-state index in [1.54, 1.807) is 30.2 Å². The Morgan fingerprint density at radius 3 is 2.95 bits per heavy atom. The molecule has 1 heterocycles. The third-order valence-electron chi connectivity index (χ3n) is 4.25. The molecule has 0 radical (unpaired) electrons. The van der Waals surface area contributed by atoms with Crippen molar-refractivity contribution in [1.29, 1.82) is 0 Å². The summed E-state index contributed by atoms with van der Waals surface area (Å²) < 4.78 is 5.18. The van der Waals surface area contributed by atoms with Gasteiger partial charge in [0.15, 0.2) is 0 Å². The highest BCUT2D eigenvalue weighted by molar-refractivity contribution is 6.00. The van der Waals surface area contributed by atoms with Gasteiger partial charge in [0.1, 0.15) is 5.75 Å². The molecule has 0 bridgehead atoms. The second-order valence-corrected chi connectivity index (χ2v) is 5.53. The zero-order valence-electron chi connectivity index (χ0n) is 13.1. The highest BCUT2D eigenvalue weighted by Crippen LogP contribution is 2.26. The van der Waals surface area contributed by atoms with Crippen molar-refractivity contribution in [3.8, 4) is 5.75 Å². The molecule has 1 aliphatic heterocycles. The van der Waals surface area contributed by atoms with Crippen LogP contribution in [0, 0.1) is 0 Å². The van der Waals surface area contributed by atoms with E-state index in [1.807, 2.05) is 7.05 Å². The molecule has 2 N–H and O–H groups in total. The van der Waals surface area contributed by atoms with Crippen LogP contribution in [0.1, 0.15) is 30.1 Å². The number of anilines is 1. The lowest BCUT2D eigenvalue weighted by atomic mass is 10.1. The first-order valence-corrected chi connectivity index (χ1v) is 7.50. The minimum atomic E-state index is -0.0469. The lowest BCUT2D eigenvalue weighted by Crippen LogP contribution is -2.41. The standard InChI is InChI=1S/C16H25N3O2/c1-4-19-10-6-7-12(19)11-18(2)16(20)13-8-5-9-14(21-3)15(13)17/h5,8-9,12H,4,6-7,10-11,17H2,1-3H3. The predicted octanol–water partition coefficient (Wildman–Crippen LogP) is 1.83. The van der Waals surface area contributed by atoms with Gasteiger partial charge in [-0.3, -0.25) is 9.69 Å². The summed E-state index contributed by atoms with van der Waals surface area (Å²) >= 11 is 0. The smallest absolute Gasteiger partial charge is 0.255 e. The molecule has 1 atom stereocenters. The molecule has 0 aromatic heterocycles. The fourth-order valence-corrected chi connectivity index (χ4v) is 3.03. The number of para-hydroxylation sites is 1. The fraction of sp³-hybridized carbons (Fsp3) is 0.562. The molecule has 1 aromatic rings. The van der Waals surface area contributed by atoms with Gasteiger partial charge in [0.05, 0.1) is 18.4 Å². The molecule has 1 amide bonds. The topological polar surface area (TPSA) is 58.8 Å². The van der Waals surface area contributed by atoms with Gasteiger partial charge >= 0.3 is 0 Å². The van der Waals surface area contributed by atoms with Gasteiger partial charge in [0.25, 0.3) is 5.91 Å². The van der Waals surface area contributed by atoms with Gasteiger partial charge < -0.3 is 15.4 Å². The van der Waals surface area contributed by atoms with E-state index in [1.165, 1.54) is 6.42 Å². The molecule has 2 rings (SSSR count). The maximum absolute atomic E-state index is 12.6. The molecule has 1 unspecified atom stereocenters. The number of ether oxygens (including phenoxy) is 1. The molecule has 1 saturated heterocycles. The van der Waals surface area contributed by atoms with E-state index >= 15 is 0 Å². The number of benzene rings is 1. The molecule has 116 valence electrons. The van der Waals surface area contributed by atoms with Crippen LogP contribution in [0.3, 0.4) is 0 Å². The number of carbonyl (C=O) groups is 1. The molecule has 5 nitrogen and oxygen atoms in total. The lowest BCUT2D eigenvalue weighted by molar-refractivity contribution is 0.0755. The summed E-state index contributed by atoms with van der Waals surface area (Å²) in [6.07, 6.45) is 2.36. The zero-order chi connectivity index (χ0) is 15.4. The molecule has 1 fully saturated rings. The van der Waals surface area contributed by atoms with Crippen LogP contribution in [-0.4, -0.2) is 55.5 Å². The second-order valence-electron chi connectivity index (χ2n) is 5.53. The summed E-state index contributed by atoms with van der Waals surface area (Å²) in [6, 6.07) is 5.77. The molecular weight excluding hydrogens is 266 g/mol. The van der Waals surface area contributed by atoms with Crippen molar-refractivity contribution in [2.75, 3.05) is 39.5 Å². The van der Waals surface area contributed by atoms with Crippen LogP contribution in [0.4, 0.5) is 5.69 Å². The van der Waals surface area contributed by atoms with Crippen LogP contribution in [0.25, 0.3) is 0 Å². The number of carbonyl (C=O) groups excluding carboxylic acids is 1. The van der Waals surface area contributed by atoms with Crippen molar-refractivity contribution in [2.24, 2.45) is 0 Å². The van der Waals surface area contributed by atoms with Crippen LogP contribution in [0.2, 0.25) is 0 Å². The maximum atomic E-state index is 12.6. The van der Waals surface area contributed by atoms with E-state index in [9.17, 15) is 4.79 Å². The van der Waals surface area contributed by atoms with E-state index < -0.39 is 0 Å². The average molecular weight is 291 g/mol.